The lowest BCUT2D eigenvalue weighted by Gasteiger charge is -2.50. The fourth-order valence-electron chi connectivity index (χ4n) is 13.4. The van der Waals surface area contributed by atoms with Crippen LogP contribution in [0.15, 0.2) is 0 Å². The van der Waals surface area contributed by atoms with E-state index in [0.717, 1.165) is 0 Å². The standard InChI is InChI=1S/C56H96O32/c1-9-17-25(57)48-40(72)56(73-17)87-47-24(16-8)79-54(38(70)31(47)63)85-45-22(14-6)77-52(36(68)29(45)61)83-43-20(12-4)75-50(34(66)27(43)59)81-41-18(10-2)74-49(33(65)26(41)58)82-42-19(11-3)76-51(35(67)28(42)60)84-44-21(13-5)78-53(37(69)30(44)62)86-46-23(15-7)80-55(88-48)39(71)32(46)64/h17-72H,9-16H2,1-8H3/t17?,18?,19?,20?,21?,22?,23?,24?,25-,26-,27-,28-,29-,30-,31-,32-,33?,34?,35?,36?,37+,38?,39?,40?,41-,42-,43-,44-,45-,46-,47-,48+,49-,50-,51-,52-,53?,54-,55-,56+/m1/s1. The predicted octanol–water partition coefficient (Wildman–Crippen LogP) is -6.06. The Morgan fingerprint density at radius 1 is 0.148 bits per heavy atom. The van der Waals surface area contributed by atoms with Crippen molar-refractivity contribution in [1.29, 1.82) is 0 Å². The van der Waals surface area contributed by atoms with Crippen LogP contribution in [0.2, 0.25) is 0 Å². The van der Waals surface area contributed by atoms with E-state index >= 15 is 0 Å². The third-order valence-corrected chi connectivity index (χ3v) is 18.7. The van der Waals surface area contributed by atoms with Crippen LogP contribution in [0, 0.1) is 0 Å². The molecule has 0 radical (unpaired) electrons. The van der Waals surface area contributed by atoms with Crippen LogP contribution in [0.3, 0.4) is 0 Å². The van der Waals surface area contributed by atoms with Crippen LogP contribution >= 0.6 is 0 Å². The molecule has 19 aliphatic rings. The second kappa shape index (κ2) is 30.2. The van der Waals surface area contributed by atoms with Crippen LogP contribution in [0.1, 0.15) is 107 Å². The average molecular weight is 1280 g/mol. The summed E-state index contributed by atoms with van der Waals surface area (Å²) >= 11 is 0. The minimum atomic E-state index is -1.98. The van der Waals surface area contributed by atoms with Crippen molar-refractivity contribution in [1.82, 2.24) is 0 Å². The van der Waals surface area contributed by atoms with Crippen molar-refractivity contribution in [3.8, 4) is 0 Å². The molecule has 32 heteroatoms. The van der Waals surface area contributed by atoms with Crippen molar-refractivity contribution in [2.45, 2.75) is 352 Å². The van der Waals surface area contributed by atoms with Crippen LogP contribution in [0.25, 0.3) is 0 Å². The Balaban J connectivity index is 0.990. The smallest absolute Gasteiger partial charge is 0.187 e. The summed E-state index contributed by atoms with van der Waals surface area (Å²) < 4.78 is 97.9. The highest BCUT2D eigenvalue weighted by Crippen LogP contribution is 2.41. The first-order valence-corrected chi connectivity index (χ1v) is 31.3. The molecule has 19 rings (SSSR count). The van der Waals surface area contributed by atoms with Gasteiger partial charge >= 0.3 is 0 Å². The highest BCUT2D eigenvalue weighted by atomic mass is 16.8. The molecule has 19 aliphatic heterocycles. The molecule has 0 aliphatic carbocycles. The van der Waals surface area contributed by atoms with Gasteiger partial charge in [0, 0.05) is 0 Å². The molecule has 0 spiro atoms. The van der Waals surface area contributed by atoms with E-state index in [1.165, 1.54) is 0 Å². The van der Waals surface area contributed by atoms with Gasteiger partial charge in [-0.25, -0.2) is 0 Å². The van der Waals surface area contributed by atoms with Crippen LogP contribution in [-0.2, 0) is 75.8 Å². The molecule has 88 heavy (non-hydrogen) atoms. The number of aliphatic hydroxyl groups is 16. The Morgan fingerprint density at radius 3 is 0.443 bits per heavy atom. The first-order valence-electron chi connectivity index (χ1n) is 31.3. The molecular weight excluding hydrogens is 1180 g/mol. The van der Waals surface area contributed by atoms with E-state index in [2.05, 4.69) is 0 Å². The summed E-state index contributed by atoms with van der Waals surface area (Å²) in [5.74, 6) is 0. The van der Waals surface area contributed by atoms with Crippen molar-refractivity contribution < 1.29 is 157 Å². The molecule has 19 saturated heterocycles. The first kappa shape index (κ1) is 71.0. The van der Waals surface area contributed by atoms with Crippen molar-refractivity contribution in [2.75, 3.05) is 0 Å². The van der Waals surface area contributed by atoms with E-state index in [-0.39, 0.29) is 51.4 Å². The zero-order valence-electron chi connectivity index (χ0n) is 50.4. The fraction of sp³-hybridized carbons (Fsp3) is 1.00. The van der Waals surface area contributed by atoms with Gasteiger partial charge in [0.2, 0.25) is 0 Å². The number of rotatable bonds is 8. The molecule has 0 aromatic carbocycles. The molecule has 19 fully saturated rings. The Hall–Kier alpha value is -1.28. The monoisotopic (exact) mass is 1280 g/mol. The number of ether oxygens (including phenoxy) is 16. The zero-order chi connectivity index (χ0) is 64.1. The summed E-state index contributed by atoms with van der Waals surface area (Å²) in [5, 5.41) is 186. The topological polar surface area (TPSA) is 471 Å². The molecule has 32 nitrogen and oxygen atoms in total. The lowest BCUT2D eigenvalue weighted by Crippen LogP contribution is -2.67. The minimum absolute atomic E-state index is 0.0615. The summed E-state index contributed by atoms with van der Waals surface area (Å²) in [5.41, 5.74) is 0. The Kier molecular flexibility index (Phi) is 24.4. The molecule has 0 saturated carbocycles. The van der Waals surface area contributed by atoms with Gasteiger partial charge in [-0.2, -0.15) is 0 Å². The summed E-state index contributed by atoms with van der Waals surface area (Å²) in [6.07, 6.45) is -64.2. The summed E-state index contributed by atoms with van der Waals surface area (Å²) in [7, 11) is 0. The molecular formula is C56H96O32. The van der Waals surface area contributed by atoms with Gasteiger partial charge in [-0.3, -0.25) is 0 Å². The van der Waals surface area contributed by atoms with E-state index in [1.807, 2.05) is 0 Å². The number of aliphatic hydroxyl groups excluding tert-OH is 16. The van der Waals surface area contributed by atoms with Crippen LogP contribution in [0.5, 0.6) is 0 Å². The Bertz CT molecular complexity index is 2130. The van der Waals surface area contributed by atoms with Gasteiger partial charge in [-0.05, 0) is 51.4 Å². The largest absolute Gasteiger partial charge is 0.388 e. The zero-order valence-corrected chi connectivity index (χ0v) is 50.4. The third kappa shape index (κ3) is 13.9. The average Bonchev–Trinajstić information content (AvgIpc) is 1.70. The fourth-order valence-corrected chi connectivity index (χ4v) is 13.4. The van der Waals surface area contributed by atoms with E-state index in [9.17, 15) is 81.7 Å². The van der Waals surface area contributed by atoms with Gasteiger partial charge < -0.3 is 157 Å². The second-order valence-corrected chi connectivity index (χ2v) is 24.3. The van der Waals surface area contributed by atoms with E-state index in [0.29, 0.717) is 0 Å². The Morgan fingerprint density at radius 2 is 0.284 bits per heavy atom. The number of hydrogen-bond donors (Lipinski definition) is 16. The lowest BCUT2D eigenvalue weighted by atomic mass is 9.93. The highest BCUT2D eigenvalue weighted by molar-refractivity contribution is 5.02. The third-order valence-electron chi connectivity index (χ3n) is 18.7. The van der Waals surface area contributed by atoms with Crippen molar-refractivity contribution >= 4 is 0 Å². The maximum atomic E-state index is 11.9. The van der Waals surface area contributed by atoms with Gasteiger partial charge in [-0.15, -0.1) is 0 Å². The van der Waals surface area contributed by atoms with Crippen LogP contribution in [0.4, 0.5) is 0 Å². The summed E-state index contributed by atoms with van der Waals surface area (Å²) in [4.78, 5) is 0. The normalized spacial score (nSPS) is 55.4. The summed E-state index contributed by atoms with van der Waals surface area (Å²) in [6, 6.07) is 0. The maximum Gasteiger partial charge on any atom is 0.187 e. The van der Waals surface area contributed by atoms with Crippen molar-refractivity contribution in [3.05, 3.63) is 0 Å². The van der Waals surface area contributed by atoms with Crippen LogP contribution < -0.4 is 0 Å². The molecule has 40 atom stereocenters. The van der Waals surface area contributed by atoms with Crippen molar-refractivity contribution in [2.24, 2.45) is 0 Å². The molecule has 0 amide bonds. The number of fused-ring (bicyclic) bond motifs is 1. The van der Waals surface area contributed by atoms with Crippen molar-refractivity contribution in [3.63, 3.8) is 0 Å². The second-order valence-electron chi connectivity index (χ2n) is 24.3. The van der Waals surface area contributed by atoms with Crippen LogP contribution in [-0.4, -0.2) is 327 Å². The first-order chi connectivity index (χ1) is 41.9. The van der Waals surface area contributed by atoms with Gasteiger partial charge in [0.25, 0.3) is 0 Å². The summed E-state index contributed by atoms with van der Waals surface area (Å²) in [6.45, 7) is 13.2. The van der Waals surface area contributed by atoms with E-state index in [1.54, 1.807) is 55.4 Å². The molecule has 0 aromatic heterocycles. The highest BCUT2D eigenvalue weighted by Gasteiger charge is 2.60. The maximum absolute atomic E-state index is 11.9. The molecule has 16 unspecified atom stereocenters. The van der Waals surface area contributed by atoms with Gasteiger partial charge in [0.1, 0.15) is 146 Å². The van der Waals surface area contributed by atoms with Gasteiger partial charge in [0.15, 0.2) is 50.3 Å². The SMILES string of the molecule is CCC1O[C@H]2O[C@@H]3C(CC)O[C@H](O[C@@H]4C(CC)O[C@H](O[C@@H]5C(CC)O[C@H](O[C@@H]6C(CC)O[C@H](O[C@@H]7C(CC)O[C@H](O[C@@H]8C(CC)OC(O[C@@H]9C(CC)O[C@H](O[C@H](C2O)[C@@H]1O)C(O)[C@H]9O)[C@@H](O)[C@H]8O)C(O)[C@H]7O)C(O)[C@H]6O)C(O)[C@H]5O)C(O)[C@H]4O)C(O)[C@H]3O. The van der Waals surface area contributed by atoms with E-state index < -0.39 is 246 Å². The molecule has 19 heterocycles. The minimum Gasteiger partial charge on any atom is -0.388 e. The lowest BCUT2D eigenvalue weighted by molar-refractivity contribution is -0.396. The molecule has 16 bridgehead atoms. The predicted molar refractivity (Wildman–Crippen MR) is 287 cm³/mol. The number of hydrogen-bond acceptors (Lipinski definition) is 32. The van der Waals surface area contributed by atoms with E-state index in [4.69, 9.17) is 75.8 Å². The quantitative estimate of drug-likeness (QED) is 0.108. The van der Waals surface area contributed by atoms with Gasteiger partial charge in [0.05, 0.1) is 48.8 Å². The van der Waals surface area contributed by atoms with Gasteiger partial charge in [-0.1, -0.05) is 55.4 Å². The molecule has 512 valence electrons. The Labute approximate surface area is 508 Å². The molecule has 0 aromatic rings. The molecule has 16 N–H and O–H groups in total.